The molecule has 2 rings (SSSR count). The van der Waals surface area contributed by atoms with Crippen molar-refractivity contribution in [3.05, 3.63) is 30.8 Å². The molecule has 1 aromatic rings. The highest BCUT2D eigenvalue weighted by atomic mass is 19.4. The minimum Gasteiger partial charge on any atom is -0.356 e. The molecule has 0 unspecified atom stereocenters. The third kappa shape index (κ3) is 2.90. The third-order valence-electron chi connectivity index (χ3n) is 2.87. The van der Waals surface area contributed by atoms with Crippen LogP contribution in [0.15, 0.2) is 18.2 Å². The average Bonchev–Trinajstić information content (AvgIpc) is 2.28. The molecule has 0 amide bonds. The zero-order valence-electron chi connectivity index (χ0n) is 9.37. The molecular weight excluding hydrogens is 229 g/mol. The average molecular weight is 243 g/mol. The summed E-state index contributed by atoms with van der Waals surface area (Å²) in [5.74, 6) is 0.660. The van der Waals surface area contributed by atoms with Crippen molar-refractivity contribution < 1.29 is 13.2 Å². The van der Waals surface area contributed by atoms with Crippen molar-refractivity contribution in [3.8, 4) is 0 Å². The highest BCUT2D eigenvalue weighted by Gasteiger charge is 2.33. The van der Waals surface area contributed by atoms with Gasteiger partial charge in [0.1, 0.15) is 11.5 Å². The van der Waals surface area contributed by atoms with Gasteiger partial charge in [-0.25, -0.2) is 4.98 Å². The van der Waals surface area contributed by atoms with Gasteiger partial charge in [0, 0.05) is 13.1 Å². The number of alkyl halides is 3. The molecule has 5 heteroatoms. The molecule has 0 bridgehead atoms. The van der Waals surface area contributed by atoms with Crippen LogP contribution in [0.2, 0.25) is 0 Å². The minimum atomic E-state index is -4.38. The smallest absolute Gasteiger partial charge is 0.356 e. The summed E-state index contributed by atoms with van der Waals surface area (Å²) in [4.78, 5) is 5.55. The Bertz CT molecular complexity index is 390. The first-order chi connectivity index (χ1) is 7.97. The molecule has 1 fully saturated rings. The molecule has 1 saturated heterocycles. The summed E-state index contributed by atoms with van der Waals surface area (Å²) in [6, 6.07) is 4.01. The summed E-state index contributed by atoms with van der Waals surface area (Å²) in [6.07, 6.45) is -2.41. The molecule has 17 heavy (non-hydrogen) atoms. The molecule has 93 valence electrons. The van der Waals surface area contributed by atoms with Crippen molar-refractivity contribution in [2.75, 3.05) is 18.0 Å². The summed E-state index contributed by atoms with van der Waals surface area (Å²) in [6.45, 7) is 5.38. The van der Waals surface area contributed by atoms with Crippen LogP contribution in [0.4, 0.5) is 19.0 Å². The minimum absolute atomic E-state index is 0.264. The third-order valence-corrected chi connectivity index (χ3v) is 2.87. The Morgan fingerprint density at radius 3 is 2.76 bits per heavy atom. The van der Waals surface area contributed by atoms with E-state index in [2.05, 4.69) is 11.9 Å². The van der Waals surface area contributed by atoms with Crippen molar-refractivity contribution in [2.45, 2.75) is 19.0 Å². The van der Waals surface area contributed by atoms with E-state index in [0.717, 1.165) is 25.5 Å². The molecule has 2 nitrogen and oxygen atoms in total. The summed E-state index contributed by atoms with van der Waals surface area (Å²) < 4.78 is 37.6. The predicted octanol–water partition coefficient (Wildman–Crippen LogP) is 3.15. The lowest BCUT2D eigenvalue weighted by molar-refractivity contribution is -0.141. The Labute approximate surface area is 98.5 Å². The first-order valence-electron chi connectivity index (χ1n) is 5.59. The van der Waals surface area contributed by atoms with Crippen LogP contribution in [-0.4, -0.2) is 18.1 Å². The number of hydrogen-bond acceptors (Lipinski definition) is 2. The van der Waals surface area contributed by atoms with Gasteiger partial charge in [-0.2, -0.15) is 13.2 Å². The monoisotopic (exact) mass is 243 g/mol. The van der Waals surface area contributed by atoms with E-state index in [1.807, 2.05) is 4.90 Å². The van der Waals surface area contributed by atoms with E-state index in [1.54, 1.807) is 6.07 Å². The number of piperidine rings is 1. The maximum Gasteiger partial charge on any atom is 0.433 e. The molecule has 2 heterocycles. The van der Waals surface area contributed by atoms with E-state index < -0.39 is 11.9 Å². The quantitative estimate of drug-likeness (QED) is 0.753. The SMILES string of the molecule is [CH2][C@@H]1CCCN(c2cccc(C(F)(F)F)n2)C1. The van der Waals surface area contributed by atoms with Gasteiger partial charge >= 0.3 is 6.18 Å². The number of pyridine rings is 1. The largest absolute Gasteiger partial charge is 0.433 e. The number of nitrogens with zero attached hydrogens (tertiary/aromatic N) is 2. The van der Waals surface area contributed by atoms with Crippen molar-refractivity contribution in [2.24, 2.45) is 5.92 Å². The van der Waals surface area contributed by atoms with E-state index in [4.69, 9.17) is 0 Å². The zero-order valence-corrected chi connectivity index (χ0v) is 9.37. The van der Waals surface area contributed by atoms with Crippen LogP contribution in [0.25, 0.3) is 0 Å². The number of rotatable bonds is 1. The van der Waals surface area contributed by atoms with Crippen LogP contribution in [0.5, 0.6) is 0 Å². The highest BCUT2D eigenvalue weighted by molar-refractivity contribution is 5.40. The van der Waals surface area contributed by atoms with Gasteiger partial charge in [0.05, 0.1) is 0 Å². The predicted molar refractivity (Wildman–Crippen MR) is 59.5 cm³/mol. The molecule has 0 N–H and O–H groups in total. The van der Waals surface area contributed by atoms with Crippen LogP contribution in [0.3, 0.4) is 0 Å². The molecular formula is C12H14F3N2. The van der Waals surface area contributed by atoms with E-state index in [1.165, 1.54) is 6.07 Å². The standard InChI is InChI=1S/C12H14F3N2/c1-9-4-3-7-17(8-9)11-6-2-5-10(16-11)12(13,14)15/h2,5-6,9H,1,3-4,7-8H2/t9-/m1/s1. The number of hydrogen-bond donors (Lipinski definition) is 0. The molecule has 0 spiro atoms. The summed E-state index contributed by atoms with van der Waals surface area (Å²) in [7, 11) is 0. The normalized spacial score (nSPS) is 21.6. The lowest BCUT2D eigenvalue weighted by atomic mass is 10.0. The molecule has 1 radical (unpaired) electrons. The Hall–Kier alpha value is -1.26. The van der Waals surface area contributed by atoms with Gasteiger partial charge in [-0.1, -0.05) is 6.07 Å². The van der Waals surface area contributed by atoms with E-state index in [-0.39, 0.29) is 5.92 Å². The first-order valence-corrected chi connectivity index (χ1v) is 5.59. The summed E-state index contributed by atoms with van der Waals surface area (Å²) in [5, 5.41) is 0. The van der Waals surface area contributed by atoms with Gasteiger partial charge in [-0.15, -0.1) is 0 Å². The van der Waals surface area contributed by atoms with Crippen LogP contribution in [0.1, 0.15) is 18.5 Å². The molecule has 0 aromatic carbocycles. The molecule has 0 aliphatic carbocycles. The highest BCUT2D eigenvalue weighted by Crippen LogP contribution is 2.29. The Kier molecular flexibility index (Phi) is 3.26. The molecule has 1 aliphatic rings. The van der Waals surface area contributed by atoms with Gasteiger partial charge in [0.15, 0.2) is 0 Å². The van der Waals surface area contributed by atoms with Crippen molar-refractivity contribution in [1.29, 1.82) is 0 Å². The topological polar surface area (TPSA) is 16.1 Å². The molecule has 0 saturated carbocycles. The van der Waals surface area contributed by atoms with Gasteiger partial charge in [-0.05, 0) is 37.8 Å². The number of anilines is 1. The van der Waals surface area contributed by atoms with Crippen molar-refractivity contribution >= 4 is 5.82 Å². The fourth-order valence-electron chi connectivity index (χ4n) is 2.03. The molecule has 1 aromatic heterocycles. The summed E-state index contributed by atoms with van der Waals surface area (Å²) >= 11 is 0. The fourth-order valence-corrected chi connectivity index (χ4v) is 2.03. The first kappa shape index (κ1) is 12.2. The molecule has 1 aliphatic heterocycles. The Balaban J connectivity index is 2.21. The maximum absolute atomic E-state index is 12.5. The van der Waals surface area contributed by atoms with Gasteiger partial charge in [-0.3, -0.25) is 0 Å². The van der Waals surface area contributed by atoms with Gasteiger partial charge < -0.3 is 4.90 Å². The van der Waals surface area contributed by atoms with Crippen LogP contribution < -0.4 is 4.90 Å². The second kappa shape index (κ2) is 4.55. The second-order valence-electron chi connectivity index (χ2n) is 4.33. The number of aromatic nitrogens is 1. The molecule has 1 atom stereocenters. The second-order valence-corrected chi connectivity index (χ2v) is 4.33. The van der Waals surface area contributed by atoms with E-state index in [0.29, 0.717) is 12.4 Å². The summed E-state index contributed by atoms with van der Waals surface area (Å²) in [5.41, 5.74) is -0.832. The van der Waals surface area contributed by atoms with Crippen LogP contribution in [0, 0.1) is 12.8 Å². The lowest BCUT2D eigenvalue weighted by Gasteiger charge is -2.32. The van der Waals surface area contributed by atoms with E-state index in [9.17, 15) is 13.2 Å². The fraction of sp³-hybridized carbons (Fsp3) is 0.500. The van der Waals surface area contributed by atoms with Gasteiger partial charge in [0.25, 0.3) is 0 Å². The zero-order chi connectivity index (χ0) is 12.5. The maximum atomic E-state index is 12.5. The van der Waals surface area contributed by atoms with Crippen LogP contribution >= 0.6 is 0 Å². The van der Waals surface area contributed by atoms with E-state index >= 15 is 0 Å². The van der Waals surface area contributed by atoms with Gasteiger partial charge in [0.2, 0.25) is 0 Å². The van der Waals surface area contributed by atoms with Crippen molar-refractivity contribution in [1.82, 2.24) is 4.98 Å². The van der Waals surface area contributed by atoms with Crippen LogP contribution in [-0.2, 0) is 6.18 Å². The van der Waals surface area contributed by atoms with Crippen molar-refractivity contribution in [3.63, 3.8) is 0 Å². The Morgan fingerprint density at radius 1 is 1.35 bits per heavy atom. The number of halogens is 3. The lowest BCUT2D eigenvalue weighted by Crippen LogP contribution is -2.35. The Morgan fingerprint density at radius 2 is 2.12 bits per heavy atom.